The average molecular weight is 244 g/mol. The Morgan fingerprint density at radius 3 is 2.75 bits per heavy atom. The van der Waals surface area contributed by atoms with Crippen molar-refractivity contribution in [2.45, 2.75) is 20.3 Å². The quantitative estimate of drug-likeness (QED) is 0.882. The molecule has 0 bridgehead atoms. The number of nitrogens with zero attached hydrogens (tertiary/aromatic N) is 1. The number of aliphatic carboxylic acids is 1. The number of hydrogen-bond acceptors (Lipinski definition) is 3. The number of carbonyl (C=O) groups is 1. The molecule has 0 unspecified atom stereocenters. The minimum absolute atomic E-state index is 0.276. The first-order chi connectivity index (χ1) is 7.38. The second kappa shape index (κ2) is 4.70. The molecule has 0 aromatic carbocycles. The van der Waals surface area contributed by atoms with Crippen LogP contribution >= 0.6 is 11.6 Å². The van der Waals surface area contributed by atoms with E-state index in [0.29, 0.717) is 16.5 Å². The Labute approximate surface area is 99.2 Å². The standard InChI is InChI=1S/C11H14ClNO3/c1-11(2,10(14)15)6-7-8(12)4-5-13-9(7)16-3/h4-5H,6H2,1-3H3,(H,14,15). The molecule has 0 aliphatic rings. The average Bonchev–Trinajstić information content (AvgIpc) is 2.20. The van der Waals surface area contributed by atoms with Gasteiger partial charge in [-0.1, -0.05) is 11.6 Å². The topological polar surface area (TPSA) is 59.4 Å². The fourth-order valence-corrected chi connectivity index (χ4v) is 1.51. The molecular formula is C11H14ClNO3. The molecule has 0 spiro atoms. The van der Waals surface area contributed by atoms with E-state index >= 15 is 0 Å². The molecule has 5 heteroatoms. The van der Waals surface area contributed by atoms with Gasteiger partial charge in [-0.05, 0) is 26.3 Å². The van der Waals surface area contributed by atoms with Gasteiger partial charge in [-0.15, -0.1) is 0 Å². The minimum atomic E-state index is -0.903. The number of rotatable bonds is 4. The second-order valence-electron chi connectivity index (χ2n) is 4.15. The number of pyridine rings is 1. The molecule has 0 amide bonds. The van der Waals surface area contributed by atoms with Crippen LogP contribution in [0.5, 0.6) is 5.88 Å². The van der Waals surface area contributed by atoms with E-state index in [4.69, 9.17) is 21.4 Å². The van der Waals surface area contributed by atoms with Gasteiger partial charge in [0.05, 0.1) is 17.5 Å². The van der Waals surface area contributed by atoms with Gasteiger partial charge in [0.1, 0.15) is 0 Å². The predicted octanol–water partition coefficient (Wildman–Crippen LogP) is 2.40. The van der Waals surface area contributed by atoms with Gasteiger partial charge in [0.2, 0.25) is 5.88 Å². The molecule has 0 fully saturated rings. The van der Waals surface area contributed by atoms with Crippen molar-refractivity contribution in [3.05, 3.63) is 22.8 Å². The van der Waals surface area contributed by atoms with Gasteiger partial charge in [-0.3, -0.25) is 4.79 Å². The third kappa shape index (κ3) is 2.64. The molecule has 0 radical (unpaired) electrons. The summed E-state index contributed by atoms with van der Waals surface area (Å²) in [5.41, 5.74) is -0.279. The van der Waals surface area contributed by atoms with Crippen LogP contribution in [0.4, 0.5) is 0 Å². The number of carboxylic acid groups (broad SMARTS) is 1. The normalized spacial score (nSPS) is 11.2. The largest absolute Gasteiger partial charge is 0.481 e. The van der Waals surface area contributed by atoms with Crippen molar-refractivity contribution < 1.29 is 14.6 Å². The summed E-state index contributed by atoms with van der Waals surface area (Å²) in [6.07, 6.45) is 1.80. The maximum absolute atomic E-state index is 11.0. The zero-order valence-corrected chi connectivity index (χ0v) is 10.2. The van der Waals surface area contributed by atoms with E-state index in [1.165, 1.54) is 13.3 Å². The van der Waals surface area contributed by atoms with Crippen molar-refractivity contribution in [2.24, 2.45) is 5.41 Å². The molecule has 1 rings (SSSR count). The van der Waals surface area contributed by atoms with Gasteiger partial charge in [0.15, 0.2) is 0 Å². The highest BCUT2D eigenvalue weighted by molar-refractivity contribution is 6.31. The van der Waals surface area contributed by atoms with Gasteiger partial charge in [0, 0.05) is 11.8 Å². The van der Waals surface area contributed by atoms with Crippen LogP contribution in [0.15, 0.2) is 12.3 Å². The Bertz CT molecular complexity index is 404. The molecule has 1 aromatic heterocycles. The van der Waals surface area contributed by atoms with E-state index in [1.807, 2.05) is 0 Å². The number of carboxylic acids is 1. The lowest BCUT2D eigenvalue weighted by Gasteiger charge is -2.20. The first-order valence-corrected chi connectivity index (χ1v) is 5.17. The summed E-state index contributed by atoms with van der Waals surface area (Å²) >= 11 is 6.01. The molecule has 0 atom stereocenters. The van der Waals surface area contributed by atoms with Crippen LogP contribution in [0.25, 0.3) is 0 Å². The fourth-order valence-electron chi connectivity index (χ4n) is 1.30. The maximum Gasteiger partial charge on any atom is 0.309 e. The number of aromatic nitrogens is 1. The van der Waals surface area contributed by atoms with Crippen LogP contribution < -0.4 is 4.74 Å². The minimum Gasteiger partial charge on any atom is -0.481 e. The maximum atomic E-state index is 11.0. The van der Waals surface area contributed by atoms with E-state index < -0.39 is 11.4 Å². The monoisotopic (exact) mass is 243 g/mol. The highest BCUT2D eigenvalue weighted by Gasteiger charge is 2.30. The molecule has 0 saturated heterocycles. The van der Waals surface area contributed by atoms with Crippen molar-refractivity contribution in [2.75, 3.05) is 7.11 Å². The summed E-state index contributed by atoms with van der Waals surface area (Å²) in [5.74, 6) is -0.503. The van der Waals surface area contributed by atoms with Crippen LogP contribution in [0.2, 0.25) is 5.02 Å². The number of ether oxygens (including phenoxy) is 1. The lowest BCUT2D eigenvalue weighted by molar-refractivity contribution is -0.146. The molecule has 0 saturated carbocycles. The summed E-state index contributed by atoms with van der Waals surface area (Å²) in [5, 5.41) is 9.53. The molecule has 1 aromatic rings. The highest BCUT2D eigenvalue weighted by Crippen LogP contribution is 2.31. The molecule has 0 aliphatic carbocycles. The van der Waals surface area contributed by atoms with Gasteiger partial charge >= 0.3 is 5.97 Å². The zero-order valence-electron chi connectivity index (χ0n) is 9.45. The molecule has 1 heterocycles. The lowest BCUT2D eigenvalue weighted by Crippen LogP contribution is -2.26. The summed E-state index contributed by atoms with van der Waals surface area (Å²) < 4.78 is 5.06. The van der Waals surface area contributed by atoms with E-state index in [0.717, 1.165) is 0 Å². The smallest absolute Gasteiger partial charge is 0.309 e. The van der Waals surface area contributed by atoms with E-state index in [9.17, 15) is 4.79 Å². The van der Waals surface area contributed by atoms with E-state index in [-0.39, 0.29) is 6.42 Å². The van der Waals surface area contributed by atoms with E-state index in [2.05, 4.69) is 4.98 Å². The molecule has 1 N–H and O–H groups in total. The Hall–Kier alpha value is -1.29. The molecule has 88 valence electrons. The predicted molar refractivity (Wildman–Crippen MR) is 60.9 cm³/mol. The van der Waals surface area contributed by atoms with Gasteiger partial charge in [-0.25, -0.2) is 4.98 Å². The first-order valence-electron chi connectivity index (χ1n) is 4.79. The number of halogens is 1. The molecule has 16 heavy (non-hydrogen) atoms. The number of methoxy groups -OCH3 is 1. The van der Waals surface area contributed by atoms with Crippen LogP contribution in [0.1, 0.15) is 19.4 Å². The number of hydrogen-bond donors (Lipinski definition) is 1. The zero-order chi connectivity index (χ0) is 12.3. The van der Waals surface area contributed by atoms with Gasteiger partial charge < -0.3 is 9.84 Å². The van der Waals surface area contributed by atoms with Crippen LogP contribution in [-0.2, 0) is 11.2 Å². The van der Waals surface area contributed by atoms with Crippen LogP contribution in [0, 0.1) is 5.41 Å². The summed E-state index contributed by atoms with van der Waals surface area (Å²) in [6.45, 7) is 3.27. The van der Waals surface area contributed by atoms with Crippen molar-refractivity contribution in [3.63, 3.8) is 0 Å². The third-order valence-corrected chi connectivity index (χ3v) is 2.70. The van der Waals surface area contributed by atoms with Crippen molar-refractivity contribution >= 4 is 17.6 Å². The Morgan fingerprint density at radius 1 is 1.62 bits per heavy atom. The Balaban J connectivity index is 3.09. The molecular weight excluding hydrogens is 230 g/mol. The summed E-state index contributed by atoms with van der Waals surface area (Å²) in [4.78, 5) is 15.0. The van der Waals surface area contributed by atoms with E-state index in [1.54, 1.807) is 19.9 Å². The van der Waals surface area contributed by atoms with Crippen molar-refractivity contribution in [1.29, 1.82) is 0 Å². The van der Waals surface area contributed by atoms with Crippen LogP contribution in [0.3, 0.4) is 0 Å². The highest BCUT2D eigenvalue weighted by atomic mass is 35.5. The lowest BCUT2D eigenvalue weighted by atomic mass is 9.86. The van der Waals surface area contributed by atoms with Crippen LogP contribution in [-0.4, -0.2) is 23.2 Å². The van der Waals surface area contributed by atoms with Gasteiger partial charge in [0.25, 0.3) is 0 Å². The van der Waals surface area contributed by atoms with Crippen molar-refractivity contribution in [1.82, 2.24) is 4.98 Å². The summed E-state index contributed by atoms with van der Waals surface area (Å²) in [7, 11) is 1.48. The van der Waals surface area contributed by atoms with Crippen molar-refractivity contribution in [3.8, 4) is 5.88 Å². The Morgan fingerprint density at radius 2 is 2.25 bits per heavy atom. The van der Waals surface area contributed by atoms with Gasteiger partial charge in [-0.2, -0.15) is 0 Å². The third-order valence-electron chi connectivity index (χ3n) is 2.35. The summed E-state index contributed by atoms with van der Waals surface area (Å²) in [6, 6.07) is 1.62. The second-order valence-corrected chi connectivity index (χ2v) is 4.55. The Kier molecular flexibility index (Phi) is 3.75. The SMILES string of the molecule is COc1nccc(Cl)c1CC(C)(C)C(=O)O. The molecule has 4 nitrogen and oxygen atoms in total. The molecule has 0 aliphatic heterocycles. The fraction of sp³-hybridized carbons (Fsp3) is 0.455. The first kappa shape index (κ1) is 12.8.